The third-order valence-corrected chi connectivity index (χ3v) is 8.37. The number of benzene rings is 1. The summed E-state index contributed by atoms with van der Waals surface area (Å²) >= 11 is 0. The molecule has 3 aliphatic carbocycles. The minimum atomic E-state index is -0.876. The molecule has 3 unspecified atom stereocenters. The molecule has 6 atom stereocenters. The van der Waals surface area contributed by atoms with Gasteiger partial charge >= 0.3 is 0 Å². The maximum absolute atomic E-state index is 12.3. The number of allylic oxidation sites excluding steroid dienone is 3. The van der Waals surface area contributed by atoms with E-state index in [1.54, 1.807) is 6.08 Å². The molecule has 1 aromatic carbocycles. The van der Waals surface area contributed by atoms with E-state index in [-0.39, 0.29) is 29.7 Å². The first-order valence-corrected chi connectivity index (χ1v) is 11.3. The largest absolute Gasteiger partial charge is 0.504 e. The zero-order valence-electron chi connectivity index (χ0n) is 17.6. The van der Waals surface area contributed by atoms with Gasteiger partial charge in [-0.05, 0) is 56.4 Å². The Morgan fingerprint density at radius 1 is 1.29 bits per heavy atom. The van der Waals surface area contributed by atoms with E-state index in [1.165, 1.54) is 0 Å². The Kier molecular flexibility index (Phi) is 4.14. The molecular weight excluding hydrogens is 390 g/mol. The summed E-state index contributed by atoms with van der Waals surface area (Å²) in [6, 6.07) is 9.94. The first-order chi connectivity index (χ1) is 15.1. The molecule has 2 saturated heterocycles. The summed E-state index contributed by atoms with van der Waals surface area (Å²) in [7, 11) is 0. The first-order valence-electron chi connectivity index (χ1n) is 11.3. The summed E-state index contributed by atoms with van der Waals surface area (Å²) in [4.78, 5) is 2.39. The van der Waals surface area contributed by atoms with Crippen molar-refractivity contribution >= 4 is 11.4 Å². The van der Waals surface area contributed by atoms with Gasteiger partial charge in [0.05, 0.1) is 22.4 Å². The molecule has 2 bridgehead atoms. The van der Waals surface area contributed by atoms with E-state index in [9.17, 15) is 10.2 Å². The van der Waals surface area contributed by atoms with E-state index in [0.29, 0.717) is 18.6 Å². The molecule has 3 N–H and O–H groups in total. The van der Waals surface area contributed by atoms with Crippen LogP contribution in [0.1, 0.15) is 25.7 Å². The molecule has 31 heavy (non-hydrogen) atoms. The highest BCUT2D eigenvalue weighted by Crippen LogP contribution is 2.69. The quantitative estimate of drug-likeness (QED) is 0.514. The van der Waals surface area contributed by atoms with Gasteiger partial charge in [-0.3, -0.25) is 10.3 Å². The minimum Gasteiger partial charge on any atom is -0.504 e. The van der Waals surface area contributed by atoms with Crippen molar-refractivity contribution in [2.45, 2.75) is 43.4 Å². The number of likely N-dealkylation sites (tertiary alicyclic amines) is 1. The average molecular weight is 420 g/mol. The van der Waals surface area contributed by atoms with Crippen LogP contribution in [0.2, 0.25) is 0 Å². The lowest BCUT2D eigenvalue weighted by atomic mass is 9.44. The fourth-order valence-electron chi connectivity index (χ4n) is 7.18. The predicted molar refractivity (Wildman–Crippen MR) is 120 cm³/mol. The van der Waals surface area contributed by atoms with Crippen molar-refractivity contribution in [2.75, 3.05) is 18.5 Å². The maximum Gasteiger partial charge on any atom is 0.153 e. The van der Waals surface area contributed by atoms with Crippen molar-refractivity contribution in [2.24, 2.45) is 22.4 Å². The van der Waals surface area contributed by atoms with Crippen molar-refractivity contribution in [3.8, 4) is 0 Å². The van der Waals surface area contributed by atoms with Crippen LogP contribution in [0.3, 0.4) is 0 Å². The highest BCUT2D eigenvalue weighted by Gasteiger charge is 2.76. The van der Waals surface area contributed by atoms with Gasteiger partial charge in [-0.2, -0.15) is 5.10 Å². The van der Waals surface area contributed by atoms with E-state index in [2.05, 4.69) is 23.0 Å². The second kappa shape index (κ2) is 6.71. The number of hydrazone groups is 1. The monoisotopic (exact) mass is 419 g/mol. The predicted octanol–water partition coefficient (Wildman–Crippen LogP) is 3.60. The summed E-state index contributed by atoms with van der Waals surface area (Å²) in [6.07, 6.45) is 8.51. The van der Waals surface area contributed by atoms with Crippen LogP contribution in [0.25, 0.3) is 0 Å². The molecule has 1 spiro atoms. The Morgan fingerprint density at radius 3 is 2.94 bits per heavy atom. The molecule has 0 radical (unpaired) electrons. The van der Waals surface area contributed by atoms with Crippen LogP contribution >= 0.6 is 0 Å². The number of piperidine rings is 1. The van der Waals surface area contributed by atoms with Gasteiger partial charge in [-0.15, -0.1) is 6.58 Å². The van der Waals surface area contributed by atoms with Crippen molar-refractivity contribution in [3.05, 3.63) is 66.7 Å². The van der Waals surface area contributed by atoms with Gasteiger partial charge < -0.3 is 14.9 Å². The summed E-state index contributed by atoms with van der Waals surface area (Å²) in [5.74, 6) is 1.10. The minimum absolute atomic E-state index is 0.00291. The number of hydrogen-bond donors (Lipinski definition) is 3. The van der Waals surface area contributed by atoms with E-state index in [4.69, 9.17) is 9.84 Å². The molecule has 5 aliphatic rings. The van der Waals surface area contributed by atoms with Crippen LogP contribution in [0.4, 0.5) is 5.69 Å². The van der Waals surface area contributed by atoms with Gasteiger partial charge in [0.2, 0.25) is 0 Å². The highest BCUT2D eigenvalue weighted by atomic mass is 16.5. The molecule has 1 aromatic rings. The van der Waals surface area contributed by atoms with Crippen molar-refractivity contribution in [1.29, 1.82) is 0 Å². The Bertz CT molecular complexity index is 1000. The number of aliphatic hydroxyl groups excluding tert-OH is 1. The van der Waals surface area contributed by atoms with Gasteiger partial charge in [-0.1, -0.05) is 30.4 Å². The van der Waals surface area contributed by atoms with Gasteiger partial charge in [-0.25, -0.2) is 0 Å². The Hall–Kier alpha value is -2.57. The van der Waals surface area contributed by atoms with E-state index >= 15 is 0 Å². The molecule has 0 aromatic heterocycles. The lowest BCUT2D eigenvalue weighted by molar-refractivity contribution is -0.230. The van der Waals surface area contributed by atoms with Crippen molar-refractivity contribution < 1.29 is 14.9 Å². The second-order valence-corrected chi connectivity index (χ2v) is 9.58. The fourth-order valence-corrected chi connectivity index (χ4v) is 7.18. The molecule has 0 amide bonds. The number of nitrogens with zero attached hydrogens (tertiary/aromatic N) is 2. The van der Waals surface area contributed by atoms with Crippen LogP contribution in [-0.4, -0.2) is 51.7 Å². The number of para-hydroxylation sites is 1. The SMILES string of the molecule is C=CCN1CCC23C4C5=C(O)C=CC4C[C@@H]1[C@]2(O)CC/C(=N/Nc1ccccc1)[C@@H]3O5. The van der Waals surface area contributed by atoms with Crippen LogP contribution in [0, 0.1) is 17.3 Å². The normalized spacial score (nSPS) is 41.6. The van der Waals surface area contributed by atoms with Gasteiger partial charge in [0, 0.05) is 18.5 Å². The number of hydrogen-bond acceptors (Lipinski definition) is 6. The number of nitrogens with one attached hydrogen (secondary N) is 1. The summed E-state index contributed by atoms with van der Waals surface area (Å²) < 4.78 is 6.51. The third-order valence-electron chi connectivity index (χ3n) is 8.37. The molecule has 6 heteroatoms. The lowest BCUT2D eigenvalue weighted by Crippen LogP contribution is -2.76. The Labute approximate surface area is 182 Å². The van der Waals surface area contributed by atoms with Crippen LogP contribution in [0.5, 0.6) is 0 Å². The van der Waals surface area contributed by atoms with Gasteiger partial charge in [0.1, 0.15) is 11.9 Å². The van der Waals surface area contributed by atoms with Crippen LogP contribution in [-0.2, 0) is 4.74 Å². The van der Waals surface area contributed by atoms with Gasteiger partial charge in [0.15, 0.2) is 5.76 Å². The molecule has 6 nitrogen and oxygen atoms in total. The zero-order valence-corrected chi connectivity index (χ0v) is 17.6. The molecule has 2 heterocycles. The summed E-state index contributed by atoms with van der Waals surface area (Å²) in [6.45, 7) is 5.60. The van der Waals surface area contributed by atoms with Crippen LogP contribution in [0.15, 0.2) is 71.8 Å². The average Bonchev–Trinajstić information content (AvgIpc) is 3.13. The van der Waals surface area contributed by atoms with Crippen molar-refractivity contribution in [1.82, 2.24) is 4.90 Å². The lowest BCUT2D eigenvalue weighted by Gasteiger charge is -2.66. The highest BCUT2D eigenvalue weighted by molar-refractivity contribution is 5.92. The Morgan fingerprint density at radius 2 is 2.13 bits per heavy atom. The van der Waals surface area contributed by atoms with E-state index in [0.717, 1.165) is 37.3 Å². The number of aliphatic hydroxyl groups is 2. The fraction of sp³-hybridized carbons (Fsp3) is 0.480. The molecular formula is C25H29N3O3. The third kappa shape index (κ3) is 2.43. The Balaban J connectivity index is 1.45. The van der Waals surface area contributed by atoms with Crippen molar-refractivity contribution in [3.63, 3.8) is 0 Å². The molecule has 2 aliphatic heterocycles. The summed E-state index contributed by atoms with van der Waals surface area (Å²) in [5, 5.41) is 27.8. The standard InChI is InChI=1S/C25H29N3O3/c1-2-13-28-14-12-24-21-16-8-9-19(29)22(21)31-23(24)18(10-11-25(24,30)20(28)15-16)27-26-17-6-4-3-5-7-17/h2-9,16,20-21,23,26,29-30H,1,10-15H2/b27-18-/t16?,20-,21?,23+,24?,25-/m1/s1. The second-order valence-electron chi connectivity index (χ2n) is 9.58. The first kappa shape index (κ1) is 19.1. The zero-order chi connectivity index (χ0) is 21.2. The number of anilines is 1. The smallest absolute Gasteiger partial charge is 0.153 e. The molecule has 2 saturated carbocycles. The van der Waals surface area contributed by atoms with Crippen LogP contribution < -0.4 is 5.43 Å². The maximum atomic E-state index is 12.3. The van der Waals surface area contributed by atoms with E-state index in [1.807, 2.05) is 36.4 Å². The topological polar surface area (TPSA) is 77.3 Å². The number of ether oxygens (including phenoxy) is 1. The number of rotatable bonds is 4. The van der Waals surface area contributed by atoms with Gasteiger partial charge in [0.25, 0.3) is 0 Å². The summed E-state index contributed by atoms with van der Waals surface area (Å²) in [5.41, 5.74) is 3.69. The molecule has 6 rings (SSSR count). The van der Waals surface area contributed by atoms with E-state index < -0.39 is 11.0 Å². The molecule has 4 fully saturated rings. The molecule has 162 valence electrons.